The highest BCUT2D eigenvalue weighted by molar-refractivity contribution is 5.79. The van der Waals surface area contributed by atoms with Crippen molar-refractivity contribution < 1.29 is 14.3 Å². The predicted molar refractivity (Wildman–Crippen MR) is 161 cm³/mol. The largest absolute Gasteiger partial charge is 0.469 e. The first-order valence-electron chi connectivity index (χ1n) is 14.9. The topological polar surface area (TPSA) is 81.8 Å². The van der Waals surface area contributed by atoms with Crippen LogP contribution < -0.4 is 4.90 Å². The van der Waals surface area contributed by atoms with Gasteiger partial charge in [-0.1, -0.05) is 48.5 Å². The molecule has 0 amide bonds. The molecule has 0 bridgehead atoms. The van der Waals surface area contributed by atoms with Crippen LogP contribution in [0.2, 0.25) is 0 Å². The van der Waals surface area contributed by atoms with Crippen molar-refractivity contribution in [1.82, 2.24) is 19.6 Å². The number of nitrogens with zero attached hydrogens (tertiary/aromatic N) is 5. The predicted octanol–water partition coefficient (Wildman–Crippen LogP) is 5.72. The first-order valence-corrected chi connectivity index (χ1v) is 14.9. The number of hydrogen-bond acceptors (Lipinski definition) is 7. The van der Waals surface area contributed by atoms with Crippen LogP contribution >= 0.6 is 0 Å². The van der Waals surface area contributed by atoms with Crippen LogP contribution in [0, 0.1) is 5.92 Å². The van der Waals surface area contributed by atoms with Crippen LogP contribution in [0.1, 0.15) is 54.0 Å². The zero-order valence-electron chi connectivity index (χ0n) is 23.6. The van der Waals surface area contributed by atoms with Crippen LogP contribution in [0.5, 0.6) is 0 Å². The molecule has 42 heavy (non-hydrogen) atoms. The van der Waals surface area contributed by atoms with Crippen molar-refractivity contribution in [3.05, 3.63) is 89.9 Å². The highest BCUT2D eigenvalue weighted by Gasteiger charge is 2.45. The summed E-state index contributed by atoms with van der Waals surface area (Å²) in [5.41, 5.74) is 8.64. The van der Waals surface area contributed by atoms with Crippen molar-refractivity contribution >= 4 is 28.2 Å². The lowest BCUT2D eigenvalue weighted by Crippen LogP contribution is -2.36. The molecule has 8 heteroatoms. The molecule has 2 aromatic carbocycles. The molecule has 212 valence electrons. The number of hydrogen-bond donors (Lipinski definition) is 0. The van der Waals surface area contributed by atoms with E-state index in [-0.39, 0.29) is 17.8 Å². The first kappa shape index (κ1) is 25.4. The Kier molecular flexibility index (Phi) is 6.17. The van der Waals surface area contributed by atoms with E-state index in [0.29, 0.717) is 25.0 Å². The third-order valence-electron chi connectivity index (χ3n) is 9.35. The molecule has 0 radical (unpaired) electrons. The zero-order chi connectivity index (χ0) is 28.2. The minimum absolute atomic E-state index is 0.0272. The van der Waals surface area contributed by atoms with E-state index in [2.05, 4.69) is 71.6 Å². The van der Waals surface area contributed by atoms with Gasteiger partial charge in [-0.25, -0.2) is 9.50 Å². The number of esters is 1. The molecule has 4 heterocycles. The van der Waals surface area contributed by atoms with Gasteiger partial charge in [-0.3, -0.25) is 9.78 Å². The molecule has 2 unspecified atom stereocenters. The van der Waals surface area contributed by atoms with Gasteiger partial charge in [0.05, 0.1) is 55.0 Å². The van der Waals surface area contributed by atoms with Crippen molar-refractivity contribution in [2.75, 3.05) is 38.3 Å². The molecule has 3 fully saturated rings. The Bertz CT molecular complexity index is 1790. The van der Waals surface area contributed by atoms with Crippen molar-refractivity contribution in [2.45, 2.75) is 37.0 Å². The maximum absolute atomic E-state index is 12.0. The van der Waals surface area contributed by atoms with Crippen LogP contribution in [-0.2, 0) is 14.3 Å². The number of methoxy groups -OCH3 is 1. The summed E-state index contributed by atoms with van der Waals surface area (Å²) in [4.78, 5) is 24.7. The molecule has 0 spiro atoms. The van der Waals surface area contributed by atoms with Gasteiger partial charge in [-0.15, -0.1) is 0 Å². The van der Waals surface area contributed by atoms with Gasteiger partial charge < -0.3 is 14.4 Å². The number of fused-ring (bicyclic) bond motifs is 2. The molecule has 2 atom stereocenters. The Labute approximate surface area is 244 Å². The Morgan fingerprint density at radius 3 is 2.52 bits per heavy atom. The molecule has 5 aromatic rings. The van der Waals surface area contributed by atoms with E-state index in [0.717, 1.165) is 71.8 Å². The summed E-state index contributed by atoms with van der Waals surface area (Å²) >= 11 is 0. The second kappa shape index (κ2) is 10.2. The monoisotopic (exact) mass is 559 g/mol. The molecule has 3 aromatic heterocycles. The van der Waals surface area contributed by atoms with Gasteiger partial charge in [0, 0.05) is 41.6 Å². The SMILES string of the molecule is COC(=O)C1CC1c1ccc(-c2c(C3CC(c4ccc5ccccc5n4)C3)nc3c(N4CCOCC4)ccnn23)cc1. The normalized spacial score (nSPS) is 23.6. The zero-order valence-corrected chi connectivity index (χ0v) is 23.6. The van der Waals surface area contributed by atoms with Crippen LogP contribution in [0.3, 0.4) is 0 Å². The number of rotatable bonds is 6. The molecule has 1 aliphatic heterocycles. The Morgan fingerprint density at radius 2 is 1.71 bits per heavy atom. The number of imidazole rings is 1. The molecule has 0 N–H and O–H groups in total. The lowest BCUT2D eigenvalue weighted by molar-refractivity contribution is -0.142. The highest BCUT2D eigenvalue weighted by atomic mass is 16.5. The minimum Gasteiger partial charge on any atom is -0.469 e. The molecule has 8 rings (SSSR count). The Balaban J connectivity index is 1.14. The van der Waals surface area contributed by atoms with E-state index in [1.165, 1.54) is 18.1 Å². The quantitative estimate of drug-likeness (QED) is 0.246. The number of para-hydroxylation sites is 1. The van der Waals surface area contributed by atoms with Crippen LogP contribution in [0.15, 0.2) is 72.9 Å². The standard InChI is InChI=1S/C34H33N5O3/c1-41-34(40)27-20-26(27)21-6-8-23(9-7-21)32-31(37-33-30(12-13-35-39(32)33)38-14-16-42-17-15-38)25-18-24(19-25)29-11-10-22-4-2-3-5-28(22)36-29/h2-13,24-27H,14-20H2,1H3. The number of aromatic nitrogens is 4. The van der Waals surface area contributed by atoms with E-state index >= 15 is 0 Å². The Morgan fingerprint density at radius 1 is 0.905 bits per heavy atom. The molecular weight excluding hydrogens is 526 g/mol. The van der Waals surface area contributed by atoms with E-state index in [1.807, 2.05) is 10.7 Å². The Hall–Kier alpha value is -4.30. The van der Waals surface area contributed by atoms with Crippen molar-refractivity contribution in [3.8, 4) is 11.3 Å². The third-order valence-corrected chi connectivity index (χ3v) is 9.35. The number of anilines is 1. The molecular formula is C34H33N5O3. The third kappa shape index (κ3) is 4.32. The van der Waals surface area contributed by atoms with Gasteiger partial charge in [0.1, 0.15) is 0 Å². The number of pyridine rings is 1. The fourth-order valence-electron chi connectivity index (χ4n) is 6.81. The van der Waals surface area contributed by atoms with E-state index in [1.54, 1.807) is 0 Å². The van der Waals surface area contributed by atoms with Crippen LogP contribution in [0.4, 0.5) is 5.69 Å². The fourth-order valence-corrected chi connectivity index (χ4v) is 6.81. The van der Waals surface area contributed by atoms with Gasteiger partial charge in [0.15, 0.2) is 5.65 Å². The van der Waals surface area contributed by atoms with E-state index in [4.69, 9.17) is 24.5 Å². The summed E-state index contributed by atoms with van der Waals surface area (Å²) in [7, 11) is 1.46. The number of carbonyl (C=O) groups is 1. The molecule has 2 saturated carbocycles. The number of benzene rings is 2. The van der Waals surface area contributed by atoms with Gasteiger partial charge in [0.2, 0.25) is 0 Å². The summed E-state index contributed by atoms with van der Waals surface area (Å²) in [6.45, 7) is 3.11. The van der Waals surface area contributed by atoms with Crippen LogP contribution in [-0.4, -0.2) is 59.0 Å². The average molecular weight is 560 g/mol. The maximum Gasteiger partial charge on any atom is 0.309 e. The first-order chi connectivity index (χ1) is 20.7. The van der Waals surface area contributed by atoms with Gasteiger partial charge >= 0.3 is 5.97 Å². The summed E-state index contributed by atoms with van der Waals surface area (Å²) in [6, 6.07) is 23.4. The summed E-state index contributed by atoms with van der Waals surface area (Å²) in [6.07, 6.45) is 4.75. The molecule has 8 nitrogen and oxygen atoms in total. The number of morpholine rings is 1. The smallest absolute Gasteiger partial charge is 0.309 e. The summed E-state index contributed by atoms with van der Waals surface area (Å²) in [5.74, 6) is 0.829. The number of ether oxygens (including phenoxy) is 2. The van der Waals surface area contributed by atoms with E-state index in [9.17, 15) is 4.79 Å². The van der Waals surface area contributed by atoms with Gasteiger partial charge in [0.25, 0.3) is 0 Å². The van der Waals surface area contributed by atoms with Gasteiger partial charge in [-0.2, -0.15) is 5.10 Å². The van der Waals surface area contributed by atoms with Crippen LogP contribution in [0.25, 0.3) is 27.8 Å². The van der Waals surface area contributed by atoms with Gasteiger partial charge in [-0.05, 0) is 48.9 Å². The number of carbonyl (C=O) groups excluding carboxylic acids is 1. The second-order valence-electron chi connectivity index (χ2n) is 11.8. The molecule has 2 aliphatic carbocycles. The lowest BCUT2D eigenvalue weighted by Gasteiger charge is -2.34. The van der Waals surface area contributed by atoms with Crippen molar-refractivity contribution in [2.24, 2.45) is 5.92 Å². The fraction of sp³-hybridized carbons (Fsp3) is 0.353. The minimum atomic E-state index is -0.117. The second-order valence-corrected chi connectivity index (χ2v) is 11.8. The van der Waals surface area contributed by atoms with Crippen molar-refractivity contribution in [3.63, 3.8) is 0 Å². The lowest BCUT2D eigenvalue weighted by atomic mass is 9.71. The van der Waals surface area contributed by atoms with E-state index < -0.39 is 0 Å². The summed E-state index contributed by atoms with van der Waals surface area (Å²) in [5, 5.41) is 6.00. The molecule has 3 aliphatic rings. The average Bonchev–Trinajstić information content (AvgIpc) is 3.74. The maximum atomic E-state index is 12.0. The summed E-state index contributed by atoms with van der Waals surface area (Å²) < 4.78 is 12.6. The van der Waals surface area contributed by atoms with Crippen molar-refractivity contribution in [1.29, 1.82) is 0 Å². The highest BCUT2D eigenvalue weighted by Crippen LogP contribution is 2.51. The molecule has 1 saturated heterocycles.